The SMILES string of the molecule is NC(=O)C1CCCC1NCc1ccc(NCc2ccccc2F)cc1. The van der Waals surface area contributed by atoms with E-state index in [1.165, 1.54) is 6.07 Å². The number of nitrogens with one attached hydrogen (secondary N) is 2. The van der Waals surface area contributed by atoms with Gasteiger partial charge in [-0.05, 0) is 36.6 Å². The molecule has 1 aliphatic carbocycles. The zero-order chi connectivity index (χ0) is 17.6. The first-order chi connectivity index (χ1) is 12.1. The van der Waals surface area contributed by atoms with E-state index in [1.54, 1.807) is 12.1 Å². The Labute approximate surface area is 147 Å². The van der Waals surface area contributed by atoms with Crippen LogP contribution in [0.2, 0.25) is 0 Å². The zero-order valence-corrected chi connectivity index (χ0v) is 14.2. The maximum atomic E-state index is 13.6. The van der Waals surface area contributed by atoms with Gasteiger partial charge in [0.1, 0.15) is 5.82 Å². The number of benzene rings is 2. The molecule has 0 aromatic heterocycles. The molecular formula is C20H24FN3O. The Bertz CT molecular complexity index is 717. The Morgan fingerprint density at radius 1 is 1.08 bits per heavy atom. The van der Waals surface area contributed by atoms with Crippen molar-refractivity contribution in [3.05, 3.63) is 65.5 Å². The molecule has 2 aromatic carbocycles. The topological polar surface area (TPSA) is 67.2 Å². The third kappa shape index (κ3) is 4.57. The molecular weight excluding hydrogens is 317 g/mol. The van der Waals surface area contributed by atoms with Crippen LogP contribution in [0.4, 0.5) is 10.1 Å². The van der Waals surface area contributed by atoms with Gasteiger partial charge in [0, 0.05) is 30.4 Å². The van der Waals surface area contributed by atoms with Gasteiger partial charge in [0.15, 0.2) is 0 Å². The highest BCUT2D eigenvalue weighted by Crippen LogP contribution is 2.25. The lowest BCUT2D eigenvalue weighted by Gasteiger charge is -2.18. The Morgan fingerprint density at radius 2 is 1.84 bits per heavy atom. The van der Waals surface area contributed by atoms with Crippen LogP contribution >= 0.6 is 0 Å². The average molecular weight is 341 g/mol. The number of primary amides is 1. The molecule has 132 valence electrons. The Morgan fingerprint density at radius 3 is 2.56 bits per heavy atom. The molecule has 0 aliphatic heterocycles. The van der Waals surface area contributed by atoms with Gasteiger partial charge in [-0.1, -0.05) is 36.8 Å². The van der Waals surface area contributed by atoms with Crippen molar-refractivity contribution in [2.24, 2.45) is 11.7 Å². The molecule has 1 saturated carbocycles. The summed E-state index contributed by atoms with van der Waals surface area (Å²) in [7, 11) is 0. The van der Waals surface area contributed by atoms with Crippen molar-refractivity contribution in [2.75, 3.05) is 5.32 Å². The number of hydrogen-bond donors (Lipinski definition) is 3. The number of rotatable bonds is 7. The van der Waals surface area contributed by atoms with Crippen LogP contribution in [0.15, 0.2) is 48.5 Å². The number of hydrogen-bond acceptors (Lipinski definition) is 3. The second-order valence-corrected chi connectivity index (χ2v) is 6.57. The summed E-state index contributed by atoms with van der Waals surface area (Å²) in [5, 5.41) is 6.67. The Hall–Kier alpha value is -2.40. The lowest BCUT2D eigenvalue weighted by atomic mass is 10.0. The van der Waals surface area contributed by atoms with Crippen LogP contribution in [-0.2, 0) is 17.9 Å². The number of carbonyl (C=O) groups is 1. The van der Waals surface area contributed by atoms with Crippen LogP contribution in [0.3, 0.4) is 0 Å². The smallest absolute Gasteiger partial charge is 0.222 e. The normalized spacial score (nSPS) is 19.7. The van der Waals surface area contributed by atoms with Crippen molar-refractivity contribution in [3.8, 4) is 0 Å². The van der Waals surface area contributed by atoms with Crippen molar-refractivity contribution in [1.82, 2.24) is 5.32 Å². The largest absolute Gasteiger partial charge is 0.381 e. The average Bonchev–Trinajstić information content (AvgIpc) is 3.09. The molecule has 2 aromatic rings. The molecule has 25 heavy (non-hydrogen) atoms. The minimum absolute atomic E-state index is 0.0540. The first-order valence-corrected chi connectivity index (χ1v) is 8.72. The minimum atomic E-state index is -0.206. The zero-order valence-electron chi connectivity index (χ0n) is 14.2. The van der Waals surface area contributed by atoms with Crippen molar-refractivity contribution < 1.29 is 9.18 Å². The van der Waals surface area contributed by atoms with Crippen molar-refractivity contribution >= 4 is 11.6 Å². The van der Waals surface area contributed by atoms with E-state index in [9.17, 15) is 9.18 Å². The molecule has 0 saturated heterocycles. The highest BCUT2D eigenvalue weighted by atomic mass is 19.1. The van der Waals surface area contributed by atoms with Crippen molar-refractivity contribution in [2.45, 2.75) is 38.4 Å². The second-order valence-electron chi connectivity index (χ2n) is 6.57. The molecule has 1 aliphatic rings. The van der Waals surface area contributed by atoms with E-state index in [-0.39, 0.29) is 23.7 Å². The molecule has 5 heteroatoms. The van der Waals surface area contributed by atoms with Crippen molar-refractivity contribution in [1.29, 1.82) is 0 Å². The predicted octanol–water partition coefficient (Wildman–Crippen LogP) is 3.18. The number of nitrogens with two attached hydrogens (primary N) is 1. The van der Waals surface area contributed by atoms with E-state index in [2.05, 4.69) is 10.6 Å². The van der Waals surface area contributed by atoms with Gasteiger partial charge in [0.2, 0.25) is 5.91 Å². The maximum Gasteiger partial charge on any atom is 0.222 e. The summed E-state index contributed by atoms with van der Waals surface area (Å²) >= 11 is 0. The lowest BCUT2D eigenvalue weighted by molar-refractivity contribution is -0.122. The quantitative estimate of drug-likeness (QED) is 0.724. The third-order valence-electron chi connectivity index (χ3n) is 4.84. The monoisotopic (exact) mass is 341 g/mol. The molecule has 1 amide bonds. The lowest BCUT2D eigenvalue weighted by Crippen LogP contribution is -2.38. The van der Waals surface area contributed by atoms with Gasteiger partial charge in [0.25, 0.3) is 0 Å². The van der Waals surface area contributed by atoms with Gasteiger partial charge in [-0.3, -0.25) is 4.79 Å². The van der Waals surface area contributed by atoms with Crippen LogP contribution in [0.25, 0.3) is 0 Å². The van der Waals surface area contributed by atoms with E-state index in [4.69, 9.17) is 5.73 Å². The van der Waals surface area contributed by atoms with E-state index >= 15 is 0 Å². The van der Waals surface area contributed by atoms with Crippen LogP contribution in [-0.4, -0.2) is 11.9 Å². The molecule has 4 N–H and O–H groups in total. The van der Waals surface area contributed by atoms with E-state index in [0.29, 0.717) is 18.7 Å². The standard InChI is InChI=1S/C20H24FN3O/c21-18-6-2-1-4-15(18)13-23-16-10-8-14(9-11-16)12-24-19-7-3-5-17(19)20(22)25/h1-2,4,6,8-11,17,19,23-24H,3,5,7,12-13H2,(H2,22,25). The molecule has 1 fully saturated rings. The fraction of sp³-hybridized carbons (Fsp3) is 0.350. The summed E-state index contributed by atoms with van der Waals surface area (Å²) < 4.78 is 13.6. The minimum Gasteiger partial charge on any atom is -0.381 e. The first kappa shape index (κ1) is 17.4. The highest BCUT2D eigenvalue weighted by Gasteiger charge is 2.30. The van der Waals surface area contributed by atoms with Crippen LogP contribution in [0.1, 0.15) is 30.4 Å². The first-order valence-electron chi connectivity index (χ1n) is 8.72. The summed E-state index contributed by atoms with van der Waals surface area (Å²) in [4.78, 5) is 11.4. The summed E-state index contributed by atoms with van der Waals surface area (Å²) in [6.45, 7) is 1.16. The van der Waals surface area contributed by atoms with Crippen molar-refractivity contribution in [3.63, 3.8) is 0 Å². The molecule has 2 atom stereocenters. The van der Waals surface area contributed by atoms with Gasteiger partial charge in [-0.2, -0.15) is 0 Å². The molecule has 3 rings (SSSR count). The summed E-state index contributed by atoms with van der Waals surface area (Å²) in [5.41, 5.74) is 8.19. The Kier molecular flexibility index (Phi) is 5.66. The summed E-state index contributed by atoms with van der Waals surface area (Å²) in [6.07, 6.45) is 2.92. The van der Waals surface area contributed by atoms with E-state index < -0.39 is 0 Å². The fourth-order valence-corrected chi connectivity index (χ4v) is 3.37. The second kappa shape index (κ2) is 8.12. The fourth-order valence-electron chi connectivity index (χ4n) is 3.37. The van der Waals surface area contributed by atoms with Gasteiger partial charge >= 0.3 is 0 Å². The summed E-state index contributed by atoms with van der Waals surface area (Å²) in [6, 6.07) is 15.0. The molecule has 2 unspecified atom stereocenters. The number of anilines is 1. The van der Waals surface area contributed by atoms with Gasteiger partial charge in [0.05, 0.1) is 5.92 Å². The molecule has 0 bridgehead atoms. The predicted molar refractivity (Wildman–Crippen MR) is 97.3 cm³/mol. The molecule has 4 nitrogen and oxygen atoms in total. The number of halogens is 1. The molecule has 0 spiro atoms. The summed E-state index contributed by atoms with van der Waals surface area (Å²) in [5.74, 6) is -0.458. The van der Waals surface area contributed by atoms with E-state index in [0.717, 1.165) is 30.5 Å². The highest BCUT2D eigenvalue weighted by molar-refractivity contribution is 5.77. The van der Waals surface area contributed by atoms with Gasteiger partial charge in [-0.25, -0.2) is 4.39 Å². The number of carbonyl (C=O) groups excluding carboxylic acids is 1. The maximum absolute atomic E-state index is 13.6. The molecule has 0 heterocycles. The van der Waals surface area contributed by atoms with Crippen LogP contribution < -0.4 is 16.4 Å². The Balaban J connectivity index is 1.50. The van der Waals surface area contributed by atoms with Crippen LogP contribution in [0, 0.1) is 11.7 Å². The van der Waals surface area contributed by atoms with Crippen LogP contribution in [0.5, 0.6) is 0 Å². The third-order valence-corrected chi connectivity index (χ3v) is 4.84. The number of amides is 1. The molecule has 0 radical (unpaired) electrons. The van der Waals surface area contributed by atoms with E-state index in [1.807, 2.05) is 30.3 Å². The van der Waals surface area contributed by atoms with Gasteiger partial charge < -0.3 is 16.4 Å². The van der Waals surface area contributed by atoms with Gasteiger partial charge in [-0.15, -0.1) is 0 Å².